The van der Waals surface area contributed by atoms with Crippen molar-refractivity contribution in [3.63, 3.8) is 0 Å². The van der Waals surface area contributed by atoms with Gasteiger partial charge in [0.15, 0.2) is 0 Å². The first-order chi connectivity index (χ1) is 11.7. The molecule has 0 saturated carbocycles. The zero-order valence-electron chi connectivity index (χ0n) is 13.9. The van der Waals surface area contributed by atoms with Gasteiger partial charge in [0.25, 0.3) is 5.91 Å². The van der Waals surface area contributed by atoms with Crippen molar-refractivity contribution < 1.29 is 9.21 Å². The third-order valence-electron chi connectivity index (χ3n) is 5.76. The summed E-state index contributed by atoms with van der Waals surface area (Å²) < 4.78 is 5.46. The van der Waals surface area contributed by atoms with Gasteiger partial charge in [0, 0.05) is 18.5 Å². The van der Waals surface area contributed by atoms with Crippen LogP contribution in [0.2, 0.25) is 0 Å². The van der Waals surface area contributed by atoms with Gasteiger partial charge in [0.1, 0.15) is 5.76 Å². The Morgan fingerprint density at radius 2 is 1.88 bits per heavy atom. The van der Waals surface area contributed by atoms with E-state index in [0.29, 0.717) is 5.41 Å². The molecular weight excluding hydrogens is 320 g/mol. The average molecular weight is 344 g/mol. The maximum absolute atomic E-state index is 12.5. The molecule has 2 aromatic heterocycles. The van der Waals surface area contributed by atoms with Gasteiger partial charge in [0.05, 0.1) is 18.4 Å². The molecule has 0 bridgehead atoms. The lowest BCUT2D eigenvalue weighted by molar-refractivity contribution is 0.0271. The summed E-state index contributed by atoms with van der Waals surface area (Å²) in [4.78, 5) is 17.0. The van der Waals surface area contributed by atoms with Crippen LogP contribution < -0.4 is 0 Å². The maximum atomic E-state index is 12.5. The summed E-state index contributed by atoms with van der Waals surface area (Å²) in [7, 11) is 0. The Kier molecular flexibility index (Phi) is 4.46. The molecular formula is C19H24N2O2S. The molecule has 1 spiro atoms. The van der Waals surface area contributed by atoms with Crippen LogP contribution in [0.25, 0.3) is 0 Å². The fourth-order valence-corrected chi connectivity index (χ4v) is 4.69. The average Bonchev–Trinajstić information content (AvgIpc) is 3.31. The number of rotatable bonds is 3. The van der Waals surface area contributed by atoms with E-state index < -0.39 is 0 Å². The third-order valence-corrected chi connectivity index (χ3v) is 6.44. The summed E-state index contributed by atoms with van der Waals surface area (Å²) in [6.45, 7) is 5.02. The van der Waals surface area contributed by atoms with Crippen molar-refractivity contribution >= 4 is 17.2 Å². The molecule has 1 amide bonds. The molecule has 4 heterocycles. The number of hydrogen-bond acceptors (Lipinski definition) is 4. The van der Waals surface area contributed by atoms with Crippen LogP contribution in [0.1, 0.15) is 41.8 Å². The zero-order valence-corrected chi connectivity index (χ0v) is 14.8. The quantitative estimate of drug-likeness (QED) is 0.848. The Hall–Kier alpha value is -1.59. The van der Waals surface area contributed by atoms with Crippen LogP contribution in [0.3, 0.4) is 0 Å². The molecule has 0 aromatic carbocycles. The third kappa shape index (κ3) is 3.28. The molecule has 0 aliphatic carbocycles. The fourth-order valence-electron chi connectivity index (χ4n) is 4.06. The minimum atomic E-state index is 0.210. The van der Waals surface area contributed by atoms with Crippen molar-refractivity contribution in [3.8, 4) is 0 Å². The maximum Gasteiger partial charge on any atom is 0.254 e. The van der Waals surface area contributed by atoms with Crippen molar-refractivity contribution in [2.45, 2.75) is 32.2 Å². The van der Waals surface area contributed by atoms with Gasteiger partial charge in [-0.25, -0.2) is 0 Å². The van der Waals surface area contributed by atoms with E-state index in [2.05, 4.69) is 11.0 Å². The summed E-state index contributed by atoms with van der Waals surface area (Å²) in [5, 5.41) is 3.94. The van der Waals surface area contributed by atoms with Crippen molar-refractivity contribution in [2.24, 2.45) is 5.41 Å². The Morgan fingerprint density at radius 3 is 2.50 bits per heavy atom. The number of amides is 1. The van der Waals surface area contributed by atoms with E-state index >= 15 is 0 Å². The molecule has 4 rings (SSSR count). The standard InChI is InChI=1S/C19H24N2O2S/c22-18(16-3-13-24-15-16)21-10-6-19(7-11-21)4-8-20(9-5-19)14-17-2-1-12-23-17/h1-3,12-13,15H,4-11,14H2. The van der Waals surface area contributed by atoms with Crippen molar-refractivity contribution in [3.05, 3.63) is 46.5 Å². The van der Waals surface area contributed by atoms with E-state index in [1.165, 1.54) is 12.8 Å². The van der Waals surface area contributed by atoms with E-state index in [-0.39, 0.29) is 5.91 Å². The second kappa shape index (κ2) is 6.73. The highest BCUT2D eigenvalue weighted by molar-refractivity contribution is 7.08. The predicted octanol–water partition coefficient (Wildman–Crippen LogP) is 3.86. The number of likely N-dealkylation sites (tertiary alicyclic amines) is 2. The highest BCUT2D eigenvalue weighted by Gasteiger charge is 2.38. The van der Waals surface area contributed by atoms with Gasteiger partial charge in [-0.2, -0.15) is 11.3 Å². The minimum Gasteiger partial charge on any atom is -0.468 e. The van der Waals surface area contributed by atoms with Crippen molar-refractivity contribution in [1.29, 1.82) is 0 Å². The van der Waals surface area contributed by atoms with Crippen LogP contribution in [-0.2, 0) is 6.54 Å². The predicted molar refractivity (Wildman–Crippen MR) is 95.1 cm³/mol. The molecule has 0 N–H and O–H groups in total. The number of hydrogen-bond donors (Lipinski definition) is 0. The van der Waals surface area contributed by atoms with Gasteiger partial charge >= 0.3 is 0 Å². The first-order valence-corrected chi connectivity index (χ1v) is 9.75. The monoisotopic (exact) mass is 344 g/mol. The van der Waals surface area contributed by atoms with Gasteiger partial charge in [-0.15, -0.1) is 0 Å². The van der Waals surface area contributed by atoms with Gasteiger partial charge in [0.2, 0.25) is 0 Å². The van der Waals surface area contributed by atoms with Gasteiger partial charge in [-0.3, -0.25) is 9.69 Å². The second-order valence-electron chi connectivity index (χ2n) is 7.16. The molecule has 2 aliphatic rings. The molecule has 128 valence electrons. The van der Waals surface area contributed by atoms with E-state index in [4.69, 9.17) is 4.42 Å². The topological polar surface area (TPSA) is 36.7 Å². The summed E-state index contributed by atoms with van der Waals surface area (Å²) >= 11 is 1.59. The minimum absolute atomic E-state index is 0.210. The lowest BCUT2D eigenvalue weighted by Gasteiger charge is -2.46. The molecule has 4 nitrogen and oxygen atoms in total. The van der Waals surface area contributed by atoms with Gasteiger partial charge in [-0.05, 0) is 67.8 Å². The summed E-state index contributed by atoms with van der Waals surface area (Å²) in [5.74, 6) is 1.27. The summed E-state index contributed by atoms with van der Waals surface area (Å²) in [5.41, 5.74) is 1.30. The lowest BCUT2D eigenvalue weighted by Crippen LogP contribution is -2.48. The Labute approximate surface area is 147 Å². The van der Waals surface area contributed by atoms with E-state index in [0.717, 1.165) is 56.9 Å². The molecule has 0 radical (unpaired) electrons. The molecule has 0 unspecified atom stereocenters. The van der Waals surface area contributed by atoms with Crippen LogP contribution in [-0.4, -0.2) is 41.9 Å². The second-order valence-corrected chi connectivity index (χ2v) is 7.94. The summed E-state index contributed by atoms with van der Waals surface area (Å²) in [6.07, 6.45) is 6.54. The highest BCUT2D eigenvalue weighted by Crippen LogP contribution is 2.41. The highest BCUT2D eigenvalue weighted by atomic mass is 32.1. The van der Waals surface area contributed by atoms with Gasteiger partial charge < -0.3 is 9.32 Å². The largest absolute Gasteiger partial charge is 0.468 e. The Balaban J connectivity index is 1.29. The number of carbonyl (C=O) groups is 1. The molecule has 2 aliphatic heterocycles. The number of furan rings is 1. The molecule has 24 heavy (non-hydrogen) atoms. The van der Waals surface area contributed by atoms with Crippen LogP contribution in [0, 0.1) is 5.41 Å². The van der Waals surface area contributed by atoms with E-state index in [9.17, 15) is 4.79 Å². The van der Waals surface area contributed by atoms with E-state index in [1.807, 2.05) is 27.8 Å². The van der Waals surface area contributed by atoms with Crippen LogP contribution in [0.15, 0.2) is 39.6 Å². The van der Waals surface area contributed by atoms with Crippen LogP contribution in [0.4, 0.5) is 0 Å². The molecule has 2 aromatic rings. The van der Waals surface area contributed by atoms with Crippen molar-refractivity contribution in [1.82, 2.24) is 9.80 Å². The SMILES string of the molecule is O=C(c1ccsc1)N1CCC2(CCN(Cc3ccco3)CC2)CC1. The molecule has 0 atom stereocenters. The Bertz CT molecular complexity index is 648. The lowest BCUT2D eigenvalue weighted by atomic mass is 9.71. The van der Waals surface area contributed by atoms with Crippen LogP contribution >= 0.6 is 11.3 Å². The van der Waals surface area contributed by atoms with Crippen molar-refractivity contribution in [2.75, 3.05) is 26.2 Å². The molecule has 2 saturated heterocycles. The smallest absolute Gasteiger partial charge is 0.254 e. The van der Waals surface area contributed by atoms with Crippen LogP contribution in [0.5, 0.6) is 0 Å². The number of piperidine rings is 2. The normalized spacial score (nSPS) is 21.2. The van der Waals surface area contributed by atoms with Gasteiger partial charge in [-0.1, -0.05) is 0 Å². The number of thiophene rings is 1. The molecule has 2 fully saturated rings. The number of carbonyl (C=O) groups excluding carboxylic acids is 1. The van der Waals surface area contributed by atoms with E-state index in [1.54, 1.807) is 17.6 Å². The fraction of sp³-hybridized carbons (Fsp3) is 0.526. The summed E-state index contributed by atoms with van der Waals surface area (Å²) in [6, 6.07) is 5.95. The first kappa shape index (κ1) is 15.9. The Morgan fingerprint density at radius 1 is 1.12 bits per heavy atom. The number of nitrogens with zero attached hydrogens (tertiary/aromatic N) is 2. The zero-order chi connectivity index (χ0) is 16.4. The first-order valence-electron chi connectivity index (χ1n) is 8.80. The molecule has 5 heteroatoms.